The summed E-state index contributed by atoms with van der Waals surface area (Å²) in [5.41, 5.74) is 0.687. The summed E-state index contributed by atoms with van der Waals surface area (Å²) < 4.78 is 6.64. The molecular weight excluding hydrogens is 286 g/mol. The Morgan fingerprint density at radius 2 is 2.05 bits per heavy atom. The molecule has 22 heavy (non-hydrogen) atoms. The average Bonchev–Trinajstić information content (AvgIpc) is 3.05. The minimum atomic E-state index is -1.04. The number of hydrogen-bond acceptors (Lipinski definition) is 4. The van der Waals surface area contributed by atoms with Crippen molar-refractivity contribution in [3.05, 3.63) is 42.7 Å². The van der Waals surface area contributed by atoms with Crippen LogP contribution in [0.4, 0.5) is 5.69 Å². The van der Waals surface area contributed by atoms with E-state index < -0.39 is 18.6 Å². The van der Waals surface area contributed by atoms with Crippen molar-refractivity contribution in [3.8, 4) is 5.75 Å². The number of aromatic nitrogens is 2. The van der Waals surface area contributed by atoms with Crippen LogP contribution in [0.15, 0.2) is 42.7 Å². The van der Waals surface area contributed by atoms with Crippen LogP contribution in [-0.4, -0.2) is 40.4 Å². The van der Waals surface area contributed by atoms with E-state index in [9.17, 15) is 9.59 Å². The number of benzene rings is 1. The molecule has 1 aromatic carbocycles. The lowest BCUT2D eigenvalue weighted by atomic mass is 10.2. The van der Waals surface area contributed by atoms with E-state index in [0.29, 0.717) is 11.4 Å². The van der Waals surface area contributed by atoms with E-state index in [2.05, 4.69) is 5.10 Å². The summed E-state index contributed by atoms with van der Waals surface area (Å²) in [6, 6.07) is 8.00. The number of ether oxygens (including phenoxy) is 1. The van der Waals surface area contributed by atoms with Gasteiger partial charge in [0.2, 0.25) is 0 Å². The van der Waals surface area contributed by atoms with Crippen molar-refractivity contribution in [2.45, 2.75) is 13.0 Å². The Hall–Kier alpha value is -2.83. The van der Waals surface area contributed by atoms with Gasteiger partial charge in [-0.3, -0.25) is 9.48 Å². The fourth-order valence-corrected chi connectivity index (χ4v) is 1.94. The summed E-state index contributed by atoms with van der Waals surface area (Å²) in [5, 5.41) is 12.6. The maximum absolute atomic E-state index is 12.4. The molecule has 1 atom stereocenters. The second-order valence-electron chi connectivity index (χ2n) is 4.74. The van der Waals surface area contributed by atoms with E-state index in [0.717, 1.165) is 0 Å². The van der Waals surface area contributed by atoms with Crippen LogP contribution < -0.4 is 9.64 Å². The Labute approximate surface area is 127 Å². The molecule has 0 saturated heterocycles. The van der Waals surface area contributed by atoms with Gasteiger partial charge in [0.05, 0.1) is 0 Å². The minimum absolute atomic E-state index is 0.108. The minimum Gasteiger partial charge on any atom is -0.482 e. The zero-order chi connectivity index (χ0) is 16.1. The fourth-order valence-electron chi connectivity index (χ4n) is 1.94. The second-order valence-corrected chi connectivity index (χ2v) is 4.74. The number of rotatable bonds is 6. The molecule has 2 rings (SSSR count). The molecule has 0 saturated carbocycles. The highest BCUT2D eigenvalue weighted by Gasteiger charge is 2.20. The summed E-state index contributed by atoms with van der Waals surface area (Å²) in [6.45, 7) is 1.38. The Balaban J connectivity index is 2.04. The van der Waals surface area contributed by atoms with Gasteiger partial charge in [-0.15, -0.1) is 0 Å². The summed E-state index contributed by atoms with van der Waals surface area (Å²) in [6.07, 6.45) is 3.36. The first kappa shape index (κ1) is 15.6. The highest BCUT2D eigenvalue weighted by atomic mass is 16.5. The van der Waals surface area contributed by atoms with E-state index >= 15 is 0 Å². The molecule has 0 aliphatic heterocycles. The van der Waals surface area contributed by atoms with E-state index in [1.54, 1.807) is 61.4 Å². The van der Waals surface area contributed by atoms with Crippen molar-refractivity contribution in [1.82, 2.24) is 9.78 Å². The first-order valence-corrected chi connectivity index (χ1v) is 6.70. The monoisotopic (exact) mass is 303 g/mol. The van der Waals surface area contributed by atoms with Gasteiger partial charge in [0.15, 0.2) is 6.61 Å². The molecule has 1 aromatic heterocycles. The largest absolute Gasteiger partial charge is 0.482 e. The van der Waals surface area contributed by atoms with Crippen molar-refractivity contribution >= 4 is 17.6 Å². The number of likely N-dealkylation sites (N-methyl/N-ethyl adjacent to an activating group) is 1. The van der Waals surface area contributed by atoms with Gasteiger partial charge < -0.3 is 14.7 Å². The van der Waals surface area contributed by atoms with Crippen molar-refractivity contribution < 1.29 is 19.4 Å². The Morgan fingerprint density at radius 1 is 1.36 bits per heavy atom. The Bertz CT molecular complexity index is 637. The highest BCUT2D eigenvalue weighted by molar-refractivity contribution is 5.95. The van der Waals surface area contributed by atoms with Crippen LogP contribution in [-0.2, 0) is 9.59 Å². The lowest BCUT2D eigenvalue weighted by Crippen LogP contribution is -2.33. The van der Waals surface area contributed by atoms with Crippen LogP contribution >= 0.6 is 0 Å². The molecule has 1 amide bonds. The third-order valence-corrected chi connectivity index (χ3v) is 3.20. The van der Waals surface area contributed by atoms with E-state index in [1.807, 2.05) is 0 Å². The van der Waals surface area contributed by atoms with Crippen LogP contribution in [0, 0.1) is 0 Å². The van der Waals surface area contributed by atoms with Crippen LogP contribution in [0.1, 0.15) is 13.0 Å². The van der Waals surface area contributed by atoms with Crippen LogP contribution in [0.25, 0.3) is 0 Å². The molecule has 1 unspecified atom stereocenters. The van der Waals surface area contributed by atoms with Crippen molar-refractivity contribution in [3.63, 3.8) is 0 Å². The third kappa shape index (κ3) is 3.63. The van der Waals surface area contributed by atoms with Gasteiger partial charge in [0, 0.05) is 25.1 Å². The molecule has 1 N–H and O–H groups in total. The molecule has 1 heterocycles. The topological polar surface area (TPSA) is 84.7 Å². The molecule has 0 aliphatic rings. The number of nitrogens with zero attached hydrogens (tertiary/aromatic N) is 3. The van der Waals surface area contributed by atoms with E-state index in [-0.39, 0.29) is 5.91 Å². The first-order valence-electron chi connectivity index (χ1n) is 6.70. The number of carbonyl (C=O) groups is 2. The normalized spacial score (nSPS) is 11.7. The van der Waals surface area contributed by atoms with E-state index in [4.69, 9.17) is 9.84 Å². The number of carboxylic acid groups (broad SMARTS) is 1. The number of amides is 1. The quantitative estimate of drug-likeness (QED) is 0.875. The van der Waals surface area contributed by atoms with Gasteiger partial charge in [-0.25, -0.2) is 4.79 Å². The summed E-state index contributed by atoms with van der Waals surface area (Å²) in [4.78, 5) is 24.4. The summed E-state index contributed by atoms with van der Waals surface area (Å²) in [5.74, 6) is -0.709. The van der Waals surface area contributed by atoms with Crippen LogP contribution in [0.5, 0.6) is 5.75 Å². The fraction of sp³-hybridized carbons (Fsp3) is 0.267. The zero-order valence-electron chi connectivity index (χ0n) is 12.3. The smallest absolute Gasteiger partial charge is 0.341 e. The predicted molar refractivity (Wildman–Crippen MR) is 79.9 cm³/mol. The molecule has 0 fully saturated rings. The van der Waals surface area contributed by atoms with Gasteiger partial charge in [-0.1, -0.05) is 0 Å². The number of anilines is 1. The second kappa shape index (κ2) is 6.75. The summed E-state index contributed by atoms with van der Waals surface area (Å²) >= 11 is 0. The third-order valence-electron chi connectivity index (χ3n) is 3.20. The van der Waals surface area contributed by atoms with Gasteiger partial charge in [-0.05, 0) is 37.3 Å². The van der Waals surface area contributed by atoms with Gasteiger partial charge >= 0.3 is 5.97 Å². The van der Waals surface area contributed by atoms with Gasteiger partial charge in [0.1, 0.15) is 11.8 Å². The van der Waals surface area contributed by atoms with Gasteiger partial charge in [0.25, 0.3) is 5.91 Å². The lowest BCUT2D eigenvalue weighted by Gasteiger charge is -2.22. The van der Waals surface area contributed by atoms with Crippen molar-refractivity contribution in [2.24, 2.45) is 0 Å². The van der Waals surface area contributed by atoms with Crippen LogP contribution in [0.3, 0.4) is 0 Å². The number of carboxylic acids is 1. The molecule has 2 aromatic rings. The van der Waals surface area contributed by atoms with Crippen LogP contribution in [0.2, 0.25) is 0 Å². The molecule has 0 bridgehead atoms. The highest BCUT2D eigenvalue weighted by Crippen LogP contribution is 2.21. The lowest BCUT2D eigenvalue weighted by molar-refractivity contribution is -0.139. The zero-order valence-corrected chi connectivity index (χ0v) is 12.3. The first-order chi connectivity index (χ1) is 10.5. The Kier molecular flexibility index (Phi) is 4.77. The average molecular weight is 303 g/mol. The molecule has 116 valence electrons. The van der Waals surface area contributed by atoms with Crippen molar-refractivity contribution in [2.75, 3.05) is 18.6 Å². The molecule has 0 radical (unpaired) electrons. The number of aliphatic carboxylic acids is 1. The number of carbonyl (C=O) groups excluding carboxylic acids is 1. The van der Waals surface area contributed by atoms with Gasteiger partial charge in [-0.2, -0.15) is 5.10 Å². The Morgan fingerprint density at radius 3 is 2.59 bits per heavy atom. The maximum atomic E-state index is 12.4. The molecule has 7 nitrogen and oxygen atoms in total. The SMILES string of the molecule is CC(C(=O)N(C)c1ccc(OCC(=O)O)cc1)n1cccn1. The maximum Gasteiger partial charge on any atom is 0.341 e. The predicted octanol–water partition coefficient (Wildman–Crippen LogP) is 1.57. The standard InChI is InChI=1S/C15H17N3O4/c1-11(18-9-3-8-16-18)15(21)17(2)12-4-6-13(7-5-12)22-10-14(19)20/h3-9,11H,10H2,1-2H3,(H,19,20). The molecule has 7 heteroatoms. The number of hydrogen-bond donors (Lipinski definition) is 1. The van der Waals surface area contributed by atoms with E-state index in [1.165, 1.54) is 4.90 Å². The molecule has 0 aliphatic carbocycles. The molecular formula is C15H17N3O4. The molecule has 0 spiro atoms. The van der Waals surface area contributed by atoms with Crippen molar-refractivity contribution in [1.29, 1.82) is 0 Å². The summed E-state index contributed by atoms with van der Waals surface area (Å²) in [7, 11) is 1.68.